The molecule has 8 heteroatoms. The predicted octanol–water partition coefficient (Wildman–Crippen LogP) is 4.10. The number of carbonyl (C=O) groups is 2. The average molecular weight is 393 g/mol. The van der Waals surface area contributed by atoms with Crippen LogP contribution < -0.4 is 4.90 Å². The van der Waals surface area contributed by atoms with E-state index in [0.29, 0.717) is 5.69 Å². The summed E-state index contributed by atoms with van der Waals surface area (Å²) < 4.78 is 19.1. The molecule has 2 aromatic rings. The van der Waals surface area contributed by atoms with Gasteiger partial charge in [-0.1, -0.05) is 17.7 Å². The Morgan fingerprint density at radius 2 is 2.04 bits per heavy atom. The van der Waals surface area contributed by atoms with Gasteiger partial charge in [-0.2, -0.15) is 0 Å². The minimum atomic E-state index is -0.722. The lowest BCUT2D eigenvalue weighted by molar-refractivity contribution is 0.0600. The fourth-order valence-corrected chi connectivity index (χ4v) is 3.36. The summed E-state index contributed by atoms with van der Waals surface area (Å²) in [5.41, 5.74) is 1.64. The molecule has 6 nitrogen and oxygen atoms in total. The zero-order valence-electron chi connectivity index (χ0n) is 15.0. The second-order valence-corrected chi connectivity index (χ2v) is 6.72. The Morgan fingerprint density at radius 3 is 2.67 bits per heavy atom. The largest absolute Gasteiger partial charge is 0.508 e. The van der Waals surface area contributed by atoms with E-state index >= 15 is 0 Å². The van der Waals surface area contributed by atoms with Crippen molar-refractivity contribution < 1.29 is 23.8 Å². The van der Waals surface area contributed by atoms with Crippen LogP contribution in [-0.4, -0.2) is 36.2 Å². The predicted molar refractivity (Wildman–Crippen MR) is 98.6 cm³/mol. The van der Waals surface area contributed by atoms with Crippen molar-refractivity contribution in [2.24, 2.45) is 0 Å². The number of carbonyl (C=O) groups excluding carboxylic acids is 2. The molecule has 1 heterocycles. The highest BCUT2D eigenvalue weighted by atomic mass is 35.5. The van der Waals surface area contributed by atoms with E-state index < -0.39 is 11.8 Å². The lowest BCUT2D eigenvalue weighted by Gasteiger charge is -2.39. The third-order valence-corrected chi connectivity index (χ3v) is 5.09. The molecule has 0 unspecified atom stereocenters. The molecule has 27 heavy (non-hydrogen) atoms. The third kappa shape index (κ3) is 3.30. The number of ether oxygens (including phenoxy) is 1. The monoisotopic (exact) mass is 392 g/mol. The summed E-state index contributed by atoms with van der Waals surface area (Å²) in [4.78, 5) is 27.6. The molecule has 3 rings (SSSR count). The second kappa shape index (κ2) is 7.08. The summed E-state index contributed by atoms with van der Waals surface area (Å²) in [7, 11) is 2.92. The first-order valence-electron chi connectivity index (χ1n) is 8.18. The van der Waals surface area contributed by atoms with Crippen LogP contribution in [0.15, 0.2) is 30.3 Å². The number of halogens is 2. The SMILES string of the molecule is COC(=O)c1ccc2c(c1)N(Cc1c(F)cc(O)cc1Cl)C(=O)N(C)[C@H]2C. The Balaban J connectivity index is 2.11. The van der Waals surface area contributed by atoms with E-state index in [-0.39, 0.29) is 40.5 Å². The standard InChI is InChI=1S/C19H18ClFN2O4/c1-10-13-5-4-11(18(25)27-3)6-17(13)23(19(26)22(10)2)9-14-15(20)7-12(24)8-16(14)21/h4-8,10,24H,9H2,1-3H3/t10-/m0/s1. The van der Waals surface area contributed by atoms with Crippen molar-refractivity contribution in [2.45, 2.75) is 19.5 Å². The summed E-state index contributed by atoms with van der Waals surface area (Å²) in [5, 5.41) is 9.48. The van der Waals surface area contributed by atoms with E-state index in [1.807, 2.05) is 6.92 Å². The van der Waals surface area contributed by atoms with E-state index in [1.54, 1.807) is 25.2 Å². The van der Waals surface area contributed by atoms with Gasteiger partial charge in [0.1, 0.15) is 11.6 Å². The molecule has 1 atom stereocenters. The van der Waals surface area contributed by atoms with Gasteiger partial charge in [-0.05, 0) is 30.7 Å². The normalized spacial score (nSPS) is 16.3. The van der Waals surface area contributed by atoms with Gasteiger partial charge in [0.2, 0.25) is 0 Å². The fraction of sp³-hybridized carbons (Fsp3) is 0.263. The van der Waals surface area contributed by atoms with Gasteiger partial charge in [0, 0.05) is 18.7 Å². The van der Waals surface area contributed by atoms with E-state index in [4.69, 9.17) is 16.3 Å². The number of aromatic hydroxyl groups is 1. The summed E-state index contributed by atoms with van der Waals surface area (Å²) in [6.45, 7) is 1.71. The molecule has 0 aromatic heterocycles. The van der Waals surface area contributed by atoms with Crippen molar-refractivity contribution in [1.29, 1.82) is 0 Å². The second-order valence-electron chi connectivity index (χ2n) is 6.31. The van der Waals surface area contributed by atoms with Crippen LogP contribution in [0.1, 0.15) is 34.5 Å². The molecule has 2 aromatic carbocycles. The molecule has 0 spiro atoms. The van der Waals surface area contributed by atoms with E-state index in [1.165, 1.54) is 23.0 Å². The van der Waals surface area contributed by atoms with Crippen LogP contribution in [0.5, 0.6) is 5.75 Å². The highest BCUT2D eigenvalue weighted by molar-refractivity contribution is 6.31. The van der Waals surface area contributed by atoms with Gasteiger partial charge in [0.05, 0.1) is 36.0 Å². The van der Waals surface area contributed by atoms with Crippen molar-refractivity contribution >= 4 is 29.3 Å². The summed E-state index contributed by atoms with van der Waals surface area (Å²) in [6.07, 6.45) is 0. The molecule has 142 valence electrons. The van der Waals surface area contributed by atoms with Crippen LogP contribution >= 0.6 is 11.6 Å². The number of benzene rings is 2. The highest BCUT2D eigenvalue weighted by Gasteiger charge is 2.34. The minimum absolute atomic E-state index is 0.00671. The summed E-state index contributed by atoms with van der Waals surface area (Å²) >= 11 is 6.07. The molecule has 0 saturated carbocycles. The topological polar surface area (TPSA) is 70.1 Å². The van der Waals surface area contributed by atoms with Crippen LogP contribution in [-0.2, 0) is 11.3 Å². The maximum atomic E-state index is 14.3. The van der Waals surface area contributed by atoms with Gasteiger partial charge >= 0.3 is 12.0 Å². The number of phenols is 1. The smallest absolute Gasteiger partial charge is 0.337 e. The molecule has 1 N–H and O–H groups in total. The zero-order chi connectivity index (χ0) is 19.9. The number of hydrogen-bond donors (Lipinski definition) is 1. The highest BCUT2D eigenvalue weighted by Crippen LogP contribution is 2.38. The number of fused-ring (bicyclic) bond motifs is 1. The number of amides is 2. The number of nitrogens with zero attached hydrogens (tertiary/aromatic N) is 2. The molecular formula is C19H18ClFN2O4. The maximum Gasteiger partial charge on any atom is 0.337 e. The first-order chi connectivity index (χ1) is 12.7. The van der Waals surface area contributed by atoms with Crippen molar-refractivity contribution in [3.8, 4) is 5.75 Å². The first kappa shape index (κ1) is 19.0. The molecule has 1 aliphatic rings. The van der Waals surface area contributed by atoms with Crippen molar-refractivity contribution in [1.82, 2.24) is 4.90 Å². The van der Waals surface area contributed by atoms with Crippen LogP contribution in [0.2, 0.25) is 5.02 Å². The van der Waals surface area contributed by atoms with Crippen LogP contribution in [0.25, 0.3) is 0 Å². The molecule has 0 saturated heterocycles. The Kier molecular flexibility index (Phi) is 4.97. The van der Waals surface area contributed by atoms with Crippen LogP contribution in [0.4, 0.5) is 14.9 Å². The number of esters is 1. The van der Waals surface area contributed by atoms with Crippen LogP contribution in [0, 0.1) is 5.82 Å². The lowest BCUT2D eigenvalue weighted by Crippen LogP contribution is -2.46. The number of hydrogen-bond acceptors (Lipinski definition) is 4. The molecule has 0 bridgehead atoms. The third-order valence-electron chi connectivity index (χ3n) is 4.75. The quantitative estimate of drug-likeness (QED) is 0.798. The van der Waals surface area contributed by atoms with Gasteiger partial charge in [0.15, 0.2) is 0 Å². The Morgan fingerprint density at radius 1 is 1.33 bits per heavy atom. The minimum Gasteiger partial charge on any atom is -0.508 e. The average Bonchev–Trinajstić information content (AvgIpc) is 2.63. The molecule has 0 radical (unpaired) electrons. The van der Waals surface area contributed by atoms with E-state index in [0.717, 1.165) is 11.6 Å². The van der Waals surface area contributed by atoms with Gasteiger partial charge in [-0.3, -0.25) is 4.90 Å². The molecule has 2 amide bonds. The summed E-state index contributed by atoms with van der Waals surface area (Å²) in [5.74, 6) is -1.56. The van der Waals surface area contributed by atoms with E-state index in [9.17, 15) is 19.1 Å². The Bertz CT molecular complexity index is 911. The number of methoxy groups -OCH3 is 1. The Hall–Kier alpha value is -2.80. The fourth-order valence-electron chi connectivity index (χ4n) is 3.09. The molecule has 0 fully saturated rings. The van der Waals surface area contributed by atoms with Crippen molar-refractivity contribution in [3.05, 3.63) is 57.9 Å². The molecule has 1 aliphatic heterocycles. The van der Waals surface area contributed by atoms with Gasteiger partial charge in [-0.25, -0.2) is 14.0 Å². The first-order valence-corrected chi connectivity index (χ1v) is 8.55. The van der Waals surface area contributed by atoms with Gasteiger partial charge < -0.3 is 14.7 Å². The van der Waals surface area contributed by atoms with Gasteiger partial charge in [0.25, 0.3) is 0 Å². The van der Waals surface area contributed by atoms with Crippen LogP contribution in [0.3, 0.4) is 0 Å². The number of rotatable bonds is 3. The summed E-state index contributed by atoms with van der Waals surface area (Å²) in [6, 6.07) is 6.49. The van der Waals surface area contributed by atoms with Crippen molar-refractivity contribution in [3.63, 3.8) is 0 Å². The van der Waals surface area contributed by atoms with E-state index in [2.05, 4.69) is 0 Å². The molecule has 0 aliphatic carbocycles. The zero-order valence-corrected chi connectivity index (χ0v) is 15.7. The molecular weight excluding hydrogens is 375 g/mol. The Labute approximate surface area is 160 Å². The lowest BCUT2D eigenvalue weighted by atomic mass is 9.98. The number of anilines is 1. The number of urea groups is 1. The number of phenolic OH excluding ortho intramolecular Hbond substituents is 1. The van der Waals surface area contributed by atoms with Gasteiger partial charge in [-0.15, -0.1) is 0 Å². The maximum absolute atomic E-state index is 14.3. The van der Waals surface area contributed by atoms with Crippen molar-refractivity contribution in [2.75, 3.05) is 19.1 Å².